The quantitative estimate of drug-likeness (QED) is 0.661. The van der Waals surface area contributed by atoms with Gasteiger partial charge in [-0.05, 0) is 49.1 Å². The van der Waals surface area contributed by atoms with Crippen molar-refractivity contribution < 1.29 is 4.79 Å². The minimum atomic E-state index is -0.221. The molecule has 0 radical (unpaired) electrons. The van der Waals surface area contributed by atoms with Crippen LogP contribution in [0.3, 0.4) is 0 Å². The zero-order valence-electron chi connectivity index (χ0n) is 12.0. The number of nitrogens with two attached hydrogens (primary N) is 1. The highest BCUT2D eigenvalue weighted by atomic mass is 16.1. The van der Waals surface area contributed by atoms with Crippen molar-refractivity contribution in [3.05, 3.63) is 71.3 Å². The number of hydrogen-bond acceptors (Lipinski definition) is 1. The van der Waals surface area contributed by atoms with Gasteiger partial charge in [-0.1, -0.05) is 42.2 Å². The van der Waals surface area contributed by atoms with Crippen molar-refractivity contribution in [1.82, 2.24) is 0 Å². The van der Waals surface area contributed by atoms with Gasteiger partial charge in [-0.2, -0.15) is 0 Å². The van der Waals surface area contributed by atoms with Gasteiger partial charge in [0.2, 0.25) is 5.91 Å². The van der Waals surface area contributed by atoms with E-state index in [1.807, 2.05) is 42.5 Å². The molecular formula is C19H19NO. The Bertz CT molecular complexity index is 633. The third-order valence-corrected chi connectivity index (χ3v) is 3.22. The first-order valence-electron chi connectivity index (χ1n) is 7.18. The lowest BCUT2D eigenvalue weighted by Gasteiger charge is -2.01. The van der Waals surface area contributed by atoms with E-state index in [1.54, 1.807) is 0 Å². The van der Waals surface area contributed by atoms with Gasteiger partial charge in [-0.3, -0.25) is 4.79 Å². The predicted octanol–water partition coefficient (Wildman–Crippen LogP) is 3.28. The number of carbonyl (C=O) groups excluding carboxylic acids is 1. The fraction of sp³-hybridized carbons (Fsp3) is 0.211. The monoisotopic (exact) mass is 277 g/mol. The summed E-state index contributed by atoms with van der Waals surface area (Å²) in [6.07, 6.45) is 3.28. The molecule has 0 atom stereocenters. The van der Waals surface area contributed by atoms with Crippen LogP contribution in [0.5, 0.6) is 0 Å². The van der Waals surface area contributed by atoms with Crippen molar-refractivity contribution in [2.24, 2.45) is 5.73 Å². The Morgan fingerprint density at radius 2 is 1.48 bits per heavy atom. The van der Waals surface area contributed by atoms with Crippen LogP contribution >= 0.6 is 0 Å². The smallest absolute Gasteiger partial charge is 0.217 e. The first kappa shape index (κ1) is 14.9. The van der Waals surface area contributed by atoms with Crippen LogP contribution in [0.1, 0.15) is 36.0 Å². The molecule has 0 bridgehead atoms. The highest BCUT2D eigenvalue weighted by Crippen LogP contribution is 2.08. The lowest BCUT2D eigenvalue weighted by atomic mass is 10.0. The van der Waals surface area contributed by atoms with E-state index >= 15 is 0 Å². The standard InChI is InChI=1S/C19H19NO/c20-19(21)9-5-4-8-17-11-14-18(15-12-17)13-10-16-6-2-1-3-7-16/h1-3,6-7,11-12,14-15H,4-5,8-9H2,(H2,20,21). The second-order valence-corrected chi connectivity index (χ2v) is 4.99. The van der Waals surface area contributed by atoms with Gasteiger partial charge in [0.05, 0.1) is 0 Å². The van der Waals surface area contributed by atoms with Crippen LogP contribution in [-0.2, 0) is 11.2 Å². The van der Waals surface area contributed by atoms with E-state index in [0.29, 0.717) is 6.42 Å². The lowest BCUT2D eigenvalue weighted by molar-refractivity contribution is -0.118. The molecule has 2 heteroatoms. The molecule has 0 aromatic heterocycles. The molecule has 0 saturated heterocycles. The normalized spacial score (nSPS) is 9.71. The van der Waals surface area contributed by atoms with Crippen LogP contribution in [0.4, 0.5) is 0 Å². The fourth-order valence-electron chi connectivity index (χ4n) is 2.05. The topological polar surface area (TPSA) is 43.1 Å². The van der Waals surface area contributed by atoms with E-state index in [-0.39, 0.29) is 5.91 Å². The number of benzene rings is 2. The number of aryl methyl sites for hydroxylation is 1. The van der Waals surface area contributed by atoms with Gasteiger partial charge in [-0.25, -0.2) is 0 Å². The molecule has 1 amide bonds. The molecule has 2 nitrogen and oxygen atoms in total. The summed E-state index contributed by atoms with van der Waals surface area (Å²) in [5.41, 5.74) is 8.42. The van der Waals surface area contributed by atoms with Crippen LogP contribution in [0.2, 0.25) is 0 Å². The van der Waals surface area contributed by atoms with Crippen molar-refractivity contribution in [1.29, 1.82) is 0 Å². The van der Waals surface area contributed by atoms with Crippen LogP contribution in [-0.4, -0.2) is 5.91 Å². The maximum Gasteiger partial charge on any atom is 0.217 e. The molecule has 2 rings (SSSR count). The Kier molecular flexibility index (Phi) is 5.60. The Morgan fingerprint density at radius 3 is 2.10 bits per heavy atom. The average molecular weight is 277 g/mol. The Labute approximate surface area is 126 Å². The molecule has 0 aliphatic rings. The summed E-state index contributed by atoms with van der Waals surface area (Å²) in [6, 6.07) is 18.2. The molecule has 0 fully saturated rings. The summed E-state index contributed by atoms with van der Waals surface area (Å²) in [5.74, 6) is 6.08. The second-order valence-electron chi connectivity index (χ2n) is 4.99. The number of primary amides is 1. The molecule has 2 aromatic carbocycles. The second kappa shape index (κ2) is 7.91. The van der Waals surface area contributed by atoms with Gasteiger partial charge in [-0.15, -0.1) is 0 Å². The number of hydrogen-bond donors (Lipinski definition) is 1. The number of rotatable bonds is 5. The average Bonchev–Trinajstić information content (AvgIpc) is 2.51. The fourth-order valence-corrected chi connectivity index (χ4v) is 2.05. The van der Waals surface area contributed by atoms with Gasteiger partial charge in [0.25, 0.3) is 0 Å². The maximum atomic E-state index is 10.7. The van der Waals surface area contributed by atoms with Crippen molar-refractivity contribution in [3.63, 3.8) is 0 Å². The van der Waals surface area contributed by atoms with E-state index in [1.165, 1.54) is 5.56 Å². The molecule has 0 spiro atoms. The van der Waals surface area contributed by atoms with Crippen LogP contribution in [0.15, 0.2) is 54.6 Å². The van der Waals surface area contributed by atoms with Crippen LogP contribution in [0.25, 0.3) is 0 Å². The number of amides is 1. The molecule has 106 valence electrons. The molecular weight excluding hydrogens is 258 g/mol. The minimum absolute atomic E-state index is 0.221. The SMILES string of the molecule is NC(=O)CCCCc1ccc(C#Cc2ccccc2)cc1. The number of carbonyl (C=O) groups is 1. The summed E-state index contributed by atoms with van der Waals surface area (Å²) < 4.78 is 0. The van der Waals surface area contributed by atoms with Gasteiger partial charge < -0.3 is 5.73 Å². The molecule has 0 aliphatic carbocycles. The zero-order chi connectivity index (χ0) is 14.9. The lowest BCUT2D eigenvalue weighted by Crippen LogP contribution is -2.09. The van der Waals surface area contributed by atoms with Crippen molar-refractivity contribution in [3.8, 4) is 11.8 Å². The largest absolute Gasteiger partial charge is 0.370 e. The van der Waals surface area contributed by atoms with Crippen molar-refractivity contribution in [2.75, 3.05) is 0 Å². The Morgan fingerprint density at radius 1 is 0.857 bits per heavy atom. The van der Waals surface area contributed by atoms with Gasteiger partial charge in [0.1, 0.15) is 0 Å². The molecule has 2 aromatic rings. The first-order chi connectivity index (χ1) is 10.2. The van der Waals surface area contributed by atoms with Crippen LogP contribution in [0, 0.1) is 11.8 Å². The Hall–Kier alpha value is -2.53. The molecule has 0 unspecified atom stereocenters. The van der Waals surface area contributed by atoms with E-state index in [2.05, 4.69) is 24.0 Å². The third-order valence-electron chi connectivity index (χ3n) is 3.22. The summed E-state index contributed by atoms with van der Waals surface area (Å²) in [5, 5.41) is 0. The minimum Gasteiger partial charge on any atom is -0.370 e. The molecule has 0 saturated carbocycles. The van der Waals surface area contributed by atoms with Gasteiger partial charge >= 0.3 is 0 Å². The summed E-state index contributed by atoms with van der Waals surface area (Å²) in [6.45, 7) is 0. The first-order valence-corrected chi connectivity index (χ1v) is 7.18. The predicted molar refractivity (Wildman–Crippen MR) is 85.6 cm³/mol. The zero-order valence-corrected chi connectivity index (χ0v) is 12.0. The van der Waals surface area contributed by atoms with Crippen molar-refractivity contribution in [2.45, 2.75) is 25.7 Å². The summed E-state index contributed by atoms with van der Waals surface area (Å²) >= 11 is 0. The van der Waals surface area contributed by atoms with E-state index < -0.39 is 0 Å². The number of unbranched alkanes of at least 4 members (excludes halogenated alkanes) is 1. The Balaban J connectivity index is 1.88. The van der Waals surface area contributed by atoms with Gasteiger partial charge in [0, 0.05) is 17.5 Å². The van der Waals surface area contributed by atoms with E-state index in [0.717, 1.165) is 30.4 Å². The van der Waals surface area contributed by atoms with Crippen molar-refractivity contribution >= 4 is 5.91 Å². The molecule has 21 heavy (non-hydrogen) atoms. The van der Waals surface area contributed by atoms with Crippen LogP contribution < -0.4 is 5.73 Å². The van der Waals surface area contributed by atoms with E-state index in [4.69, 9.17) is 5.73 Å². The third kappa shape index (κ3) is 5.54. The van der Waals surface area contributed by atoms with Gasteiger partial charge in [0.15, 0.2) is 0 Å². The molecule has 2 N–H and O–H groups in total. The molecule has 0 aliphatic heterocycles. The maximum absolute atomic E-state index is 10.7. The highest BCUT2D eigenvalue weighted by molar-refractivity contribution is 5.73. The molecule has 0 heterocycles. The van der Waals surface area contributed by atoms with E-state index in [9.17, 15) is 4.79 Å². The summed E-state index contributed by atoms with van der Waals surface area (Å²) in [7, 11) is 0. The summed E-state index contributed by atoms with van der Waals surface area (Å²) in [4.78, 5) is 10.7. The highest BCUT2D eigenvalue weighted by Gasteiger charge is 1.97.